The van der Waals surface area contributed by atoms with Crippen LogP contribution in [0, 0.1) is 12.8 Å². The lowest BCUT2D eigenvalue weighted by molar-refractivity contribution is 0.0373. The van der Waals surface area contributed by atoms with Crippen LogP contribution in [0.4, 0.5) is 16.2 Å². The molecular formula is C31H36N4O8S. The average molecular weight is 625 g/mol. The quantitative estimate of drug-likeness (QED) is 0.342. The summed E-state index contributed by atoms with van der Waals surface area (Å²) in [6.07, 6.45) is -0.659. The van der Waals surface area contributed by atoms with E-state index in [1.165, 1.54) is 23.1 Å². The Morgan fingerprint density at radius 3 is 2.57 bits per heavy atom. The van der Waals surface area contributed by atoms with Crippen molar-refractivity contribution in [3.05, 3.63) is 71.8 Å². The highest BCUT2D eigenvalue weighted by Gasteiger charge is 2.35. The van der Waals surface area contributed by atoms with Gasteiger partial charge in [0.25, 0.3) is 15.9 Å². The summed E-state index contributed by atoms with van der Waals surface area (Å²) in [4.78, 5) is 30.0. The molecule has 3 aromatic rings. The number of aliphatic hydroxyl groups excluding tert-OH is 1. The summed E-state index contributed by atoms with van der Waals surface area (Å²) in [6, 6.07) is 15.2. The minimum Gasteiger partial charge on any atom is -0.485 e. The monoisotopic (exact) mass is 624 g/mol. The lowest BCUT2D eigenvalue weighted by Gasteiger charge is -2.38. The number of aryl methyl sites for hydroxylation is 1. The maximum absolute atomic E-state index is 13.7. The Hall–Kier alpha value is -4.49. The third kappa shape index (κ3) is 6.53. The molecule has 0 bridgehead atoms. The second kappa shape index (κ2) is 12.6. The summed E-state index contributed by atoms with van der Waals surface area (Å²) < 4.78 is 46.4. The van der Waals surface area contributed by atoms with Gasteiger partial charge in [-0.25, -0.2) is 13.2 Å². The van der Waals surface area contributed by atoms with Crippen LogP contribution in [-0.4, -0.2) is 80.9 Å². The van der Waals surface area contributed by atoms with Crippen LogP contribution in [0.3, 0.4) is 0 Å². The molecule has 3 N–H and O–H groups in total. The smallest absolute Gasteiger partial charge is 0.321 e. The van der Waals surface area contributed by atoms with Gasteiger partial charge in [-0.1, -0.05) is 30.7 Å². The number of rotatable bonds is 8. The van der Waals surface area contributed by atoms with E-state index in [1.54, 1.807) is 61.3 Å². The molecule has 2 aliphatic rings. The van der Waals surface area contributed by atoms with Gasteiger partial charge < -0.3 is 34.4 Å². The Balaban J connectivity index is 1.44. The van der Waals surface area contributed by atoms with Crippen LogP contribution >= 0.6 is 0 Å². The largest absolute Gasteiger partial charge is 0.485 e. The number of sulfonamides is 1. The molecule has 3 atom stereocenters. The first-order valence-electron chi connectivity index (χ1n) is 14.2. The van der Waals surface area contributed by atoms with Crippen molar-refractivity contribution in [2.24, 2.45) is 5.92 Å². The molecule has 13 heteroatoms. The summed E-state index contributed by atoms with van der Waals surface area (Å²) in [6.45, 7) is 5.65. The fraction of sp³-hybridized carbons (Fsp3) is 0.355. The van der Waals surface area contributed by atoms with Crippen LogP contribution < -0.4 is 24.2 Å². The van der Waals surface area contributed by atoms with E-state index in [0.29, 0.717) is 17.2 Å². The summed E-state index contributed by atoms with van der Waals surface area (Å²) in [5.41, 5.74) is 1.65. The second-order valence-corrected chi connectivity index (χ2v) is 12.8. The fourth-order valence-electron chi connectivity index (χ4n) is 5.01. The zero-order valence-electron chi connectivity index (χ0n) is 24.9. The predicted octanol–water partition coefficient (Wildman–Crippen LogP) is 3.91. The maximum Gasteiger partial charge on any atom is 0.321 e. The Morgan fingerprint density at radius 1 is 1.11 bits per heavy atom. The Morgan fingerprint density at radius 2 is 1.84 bits per heavy atom. The highest BCUT2D eigenvalue weighted by Crippen LogP contribution is 2.37. The van der Waals surface area contributed by atoms with Gasteiger partial charge in [-0.3, -0.25) is 9.52 Å². The van der Waals surface area contributed by atoms with Crippen molar-refractivity contribution in [2.45, 2.75) is 37.8 Å². The molecule has 0 aromatic heterocycles. The molecule has 3 aromatic carbocycles. The minimum absolute atomic E-state index is 0.0458. The molecule has 5 rings (SSSR count). The van der Waals surface area contributed by atoms with Gasteiger partial charge in [0.05, 0.1) is 35.3 Å². The predicted molar refractivity (Wildman–Crippen MR) is 164 cm³/mol. The molecular weight excluding hydrogens is 588 g/mol. The molecule has 0 aliphatic carbocycles. The number of fused-ring (bicyclic) bond motifs is 2. The molecule has 0 fully saturated rings. The van der Waals surface area contributed by atoms with Gasteiger partial charge in [0.1, 0.15) is 6.10 Å². The lowest BCUT2D eigenvalue weighted by atomic mass is 9.99. The van der Waals surface area contributed by atoms with Crippen LogP contribution in [0.1, 0.15) is 29.8 Å². The van der Waals surface area contributed by atoms with E-state index in [1.807, 2.05) is 13.8 Å². The summed E-state index contributed by atoms with van der Waals surface area (Å²) in [5.74, 6) is 0.449. The number of aliphatic hydroxyl groups is 1. The molecule has 2 heterocycles. The number of nitrogens with zero attached hydrogens (tertiary/aromatic N) is 2. The number of likely N-dealkylation sites (N-methyl/N-ethyl adjacent to an activating group) is 1. The van der Waals surface area contributed by atoms with Crippen molar-refractivity contribution in [3.63, 3.8) is 0 Å². The van der Waals surface area contributed by atoms with E-state index in [9.17, 15) is 23.1 Å². The number of anilines is 2. The molecule has 2 aliphatic heterocycles. The van der Waals surface area contributed by atoms with E-state index in [-0.39, 0.29) is 54.3 Å². The first kappa shape index (κ1) is 31.0. The van der Waals surface area contributed by atoms with Crippen LogP contribution in [0.5, 0.6) is 17.2 Å². The topological polar surface area (TPSA) is 147 Å². The molecule has 0 unspecified atom stereocenters. The van der Waals surface area contributed by atoms with E-state index >= 15 is 0 Å². The van der Waals surface area contributed by atoms with E-state index in [2.05, 4.69) is 10.0 Å². The Bertz CT molecular complexity index is 1650. The standard InChI is InChI=1S/C31H36N4O8S/c1-19-8-11-23(12-9-19)44(39,40)33-25-7-5-6-24-29(25)43-28(20(2)15-35(30(24)37)21(3)17-36)16-34(4)31(38)32-22-10-13-26-27(14-22)42-18-41-26/h5-14,20-21,28,33,36H,15-18H2,1-4H3,(H,32,38)/t20-,21-,28-/m1/s1. The lowest BCUT2D eigenvalue weighted by Crippen LogP contribution is -2.50. The number of carbonyl (C=O) groups is 2. The number of urea groups is 1. The summed E-state index contributed by atoms with van der Waals surface area (Å²) >= 11 is 0. The molecule has 0 spiro atoms. The number of benzene rings is 3. The SMILES string of the molecule is Cc1ccc(S(=O)(=O)Nc2cccc3c2O[C@H](CN(C)C(=O)Nc2ccc4c(c2)OCO4)[C@H](C)CN([C@H](C)CO)C3=O)cc1. The molecule has 0 radical (unpaired) electrons. The number of nitrogens with one attached hydrogen (secondary N) is 2. The first-order valence-corrected chi connectivity index (χ1v) is 15.7. The Labute approximate surface area is 256 Å². The third-order valence-corrected chi connectivity index (χ3v) is 9.07. The van der Waals surface area contributed by atoms with E-state index < -0.39 is 34.1 Å². The Kier molecular flexibility index (Phi) is 8.88. The van der Waals surface area contributed by atoms with E-state index in [4.69, 9.17) is 14.2 Å². The molecule has 44 heavy (non-hydrogen) atoms. The number of para-hydroxylation sites is 1. The van der Waals surface area contributed by atoms with Crippen LogP contribution in [0.25, 0.3) is 0 Å². The molecule has 0 saturated heterocycles. The number of carbonyl (C=O) groups excluding carboxylic acids is 2. The van der Waals surface area contributed by atoms with Crippen molar-refractivity contribution in [2.75, 3.05) is 43.6 Å². The molecule has 3 amide bonds. The van der Waals surface area contributed by atoms with Crippen LogP contribution in [0.15, 0.2) is 65.6 Å². The van der Waals surface area contributed by atoms with Gasteiger partial charge in [0.15, 0.2) is 17.2 Å². The van der Waals surface area contributed by atoms with Gasteiger partial charge in [-0.15, -0.1) is 0 Å². The zero-order chi connectivity index (χ0) is 31.6. The first-order chi connectivity index (χ1) is 21.0. The van der Waals surface area contributed by atoms with Gasteiger partial charge in [-0.2, -0.15) is 0 Å². The summed E-state index contributed by atoms with van der Waals surface area (Å²) in [7, 11) is -2.42. The highest BCUT2D eigenvalue weighted by atomic mass is 32.2. The molecule has 12 nitrogen and oxygen atoms in total. The number of hydrogen-bond donors (Lipinski definition) is 3. The fourth-order valence-corrected chi connectivity index (χ4v) is 6.07. The zero-order valence-corrected chi connectivity index (χ0v) is 25.8. The van der Waals surface area contributed by atoms with Crippen molar-refractivity contribution < 1.29 is 37.3 Å². The third-order valence-electron chi connectivity index (χ3n) is 7.69. The van der Waals surface area contributed by atoms with Gasteiger partial charge >= 0.3 is 6.03 Å². The second-order valence-electron chi connectivity index (χ2n) is 11.1. The van der Waals surface area contributed by atoms with Crippen LogP contribution in [0.2, 0.25) is 0 Å². The van der Waals surface area contributed by atoms with Gasteiger partial charge in [0, 0.05) is 31.3 Å². The van der Waals surface area contributed by atoms with Crippen molar-refractivity contribution in [1.29, 1.82) is 0 Å². The van der Waals surface area contributed by atoms with Crippen molar-refractivity contribution in [1.82, 2.24) is 9.80 Å². The van der Waals surface area contributed by atoms with Crippen molar-refractivity contribution in [3.8, 4) is 17.2 Å². The van der Waals surface area contributed by atoms with Gasteiger partial charge in [-0.05, 0) is 50.2 Å². The molecule has 234 valence electrons. The highest BCUT2D eigenvalue weighted by molar-refractivity contribution is 7.92. The van der Waals surface area contributed by atoms with Crippen LogP contribution in [-0.2, 0) is 10.0 Å². The number of ether oxygens (including phenoxy) is 3. The number of hydrogen-bond acceptors (Lipinski definition) is 8. The van der Waals surface area contributed by atoms with Crippen molar-refractivity contribution >= 4 is 33.3 Å². The number of amides is 3. The minimum atomic E-state index is -4.03. The van der Waals surface area contributed by atoms with Gasteiger partial charge in [0.2, 0.25) is 6.79 Å². The molecule has 0 saturated carbocycles. The summed E-state index contributed by atoms with van der Waals surface area (Å²) in [5, 5.41) is 12.8. The average Bonchev–Trinajstić information content (AvgIpc) is 3.47. The normalized spacial score (nSPS) is 18.4. The van der Waals surface area contributed by atoms with E-state index in [0.717, 1.165) is 5.56 Å². The maximum atomic E-state index is 13.7.